The Labute approximate surface area is 163 Å². The van der Waals surface area contributed by atoms with Crippen molar-refractivity contribution in [3.63, 3.8) is 0 Å². The number of hydrogen-bond acceptors (Lipinski definition) is 6. The molecule has 0 rings (SSSR count). The summed E-state index contributed by atoms with van der Waals surface area (Å²) in [7, 11) is 0. The van der Waals surface area contributed by atoms with Crippen molar-refractivity contribution < 1.29 is 23.9 Å². The third-order valence-electron chi connectivity index (χ3n) is 4.28. The number of nitrogens with two attached hydrogens (primary N) is 1. The molecule has 4 unspecified atom stereocenters. The molecule has 1 amide bonds. The van der Waals surface area contributed by atoms with E-state index >= 15 is 0 Å². The highest BCUT2D eigenvalue weighted by molar-refractivity contribution is 5.89. The summed E-state index contributed by atoms with van der Waals surface area (Å²) in [5.74, 6) is -2.17. The maximum Gasteiger partial charge on any atom is 0.329 e. The minimum Gasteiger partial charge on any atom is -0.458 e. The van der Waals surface area contributed by atoms with Crippen molar-refractivity contribution in [3.8, 4) is 0 Å². The molecular weight excluding hydrogens is 348 g/mol. The van der Waals surface area contributed by atoms with Crippen LogP contribution in [0.5, 0.6) is 0 Å². The van der Waals surface area contributed by atoms with Crippen LogP contribution in [-0.4, -0.2) is 41.6 Å². The van der Waals surface area contributed by atoms with Crippen LogP contribution >= 0.6 is 0 Å². The Kier molecular flexibility index (Phi) is 10.00. The van der Waals surface area contributed by atoms with Gasteiger partial charge >= 0.3 is 11.9 Å². The number of rotatable bonds is 9. The third kappa shape index (κ3) is 8.73. The van der Waals surface area contributed by atoms with Crippen molar-refractivity contribution >= 4 is 17.8 Å². The molecule has 158 valence electrons. The summed E-state index contributed by atoms with van der Waals surface area (Å²) in [6.07, 6.45) is -0.392. The normalized spacial score (nSPS) is 16.4. The van der Waals surface area contributed by atoms with Crippen LogP contribution in [0.1, 0.15) is 68.7 Å². The fourth-order valence-corrected chi connectivity index (χ4v) is 2.22. The Hall–Kier alpha value is -1.63. The zero-order valence-corrected chi connectivity index (χ0v) is 18.3. The van der Waals surface area contributed by atoms with Gasteiger partial charge < -0.3 is 20.5 Å². The van der Waals surface area contributed by atoms with Crippen molar-refractivity contribution in [1.82, 2.24) is 5.32 Å². The summed E-state index contributed by atoms with van der Waals surface area (Å²) in [6, 6.07) is -1.64. The van der Waals surface area contributed by atoms with E-state index in [0.717, 1.165) is 0 Å². The molecule has 0 spiro atoms. The SMILES string of the molecule is CCC(C)C(OC(=O)C(N)C(C)C)C(=O)NC(C(=O)OC(C)(C)C)C(C)C. The van der Waals surface area contributed by atoms with Gasteiger partial charge in [0, 0.05) is 5.92 Å². The molecule has 0 radical (unpaired) electrons. The van der Waals surface area contributed by atoms with Crippen LogP contribution in [0.4, 0.5) is 0 Å². The molecule has 0 heterocycles. The molecule has 0 fully saturated rings. The van der Waals surface area contributed by atoms with Crippen molar-refractivity contribution in [2.45, 2.75) is 92.5 Å². The number of nitrogens with one attached hydrogen (secondary N) is 1. The van der Waals surface area contributed by atoms with E-state index in [2.05, 4.69) is 5.32 Å². The Morgan fingerprint density at radius 1 is 0.963 bits per heavy atom. The number of carbonyl (C=O) groups is 3. The smallest absolute Gasteiger partial charge is 0.329 e. The molecule has 0 aliphatic rings. The lowest BCUT2D eigenvalue weighted by Crippen LogP contribution is -2.53. The van der Waals surface area contributed by atoms with Gasteiger partial charge in [-0.2, -0.15) is 0 Å². The van der Waals surface area contributed by atoms with Gasteiger partial charge in [-0.1, -0.05) is 41.5 Å². The lowest BCUT2D eigenvalue weighted by atomic mass is 9.98. The van der Waals surface area contributed by atoms with Gasteiger partial charge in [0.1, 0.15) is 17.7 Å². The van der Waals surface area contributed by atoms with Crippen LogP contribution in [0, 0.1) is 17.8 Å². The van der Waals surface area contributed by atoms with E-state index in [1.54, 1.807) is 20.8 Å². The molecule has 7 heteroatoms. The lowest BCUT2D eigenvalue weighted by molar-refractivity contribution is -0.164. The van der Waals surface area contributed by atoms with E-state index in [-0.39, 0.29) is 17.8 Å². The van der Waals surface area contributed by atoms with Gasteiger partial charge in [0.05, 0.1) is 0 Å². The summed E-state index contributed by atoms with van der Waals surface area (Å²) < 4.78 is 10.8. The second kappa shape index (κ2) is 10.6. The van der Waals surface area contributed by atoms with Crippen molar-refractivity contribution in [2.75, 3.05) is 0 Å². The molecule has 4 atom stereocenters. The fourth-order valence-electron chi connectivity index (χ4n) is 2.22. The molecule has 0 saturated heterocycles. The highest BCUT2D eigenvalue weighted by Crippen LogP contribution is 2.17. The van der Waals surface area contributed by atoms with Crippen LogP contribution in [0.25, 0.3) is 0 Å². The lowest BCUT2D eigenvalue weighted by Gasteiger charge is -2.29. The second-order valence-corrected chi connectivity index (χ2v) is 8.78. The number of hydrogen-bond donors (Lipinski definition) is 2. The van der Waals surface area contributed by atoms with Crippen LogP contribution in [-0.2, 0) is 23.9 Å². The quantitative estimate of drug-likeness (QED) is 0.589. The first-order chi connectivity index (χ1) is 12.2. The highest BCUT2D eigenvalue weighted by atomic mass is 16.6. The Balaban J connectivity index is 5.35. The van der Waals surface area contributed by atoms with Crippen LogP contribution in [0.2, 0.25) is 0 Å². The van der Waals surface area contributed by atoms with Gasteiger partial charge in [-0.25, -0.2) is 4.79 Å². The number of ether oxygens (including phenoxy) is 2. The Morgan fingerprint density at radius 3 is 1.85 bits per heavy atom. The summed E-state index contributed by atoms with van der Waals surface area (Å²) in [4.78, 5) is 37.5. The number of carbonyl (C=O) groups excluding carboxylic acids is 3. The van der Waals surface area contributed by atoms with Crippen molar-refractivity contribution in [2.24, 2.45) is 23.5 Å². The van der Waals surface area contributed by atoms with E-state index in [1.165, 1.54) is 0 Å². The monoisotopic (exact) mass is 386 g/mol. The summed E-state index contributed by atoms with van der Waals surface area (Å²) in [6.45, 7) is 16.2. The first kappa shape index (κ1) is 25.4. The molecular formula is C20H38N2O5. The van der Waals surface area contributed by atoms with E-state index in [9.17, 15) is 14.4 Å². The molecule has 0 aromatic rings. The topological polar surface area (TPSA) is 108 Å². The minimum absolute atomic E-state index is 0.108. The molecule has 0 saturated carbocycles. The molecule has 0 aromatic carbocycles. The molecule has 7 nitrogen and oxygen atoms in total. The maximum atomic E-state index is 12.8. The zero-order valence-electron chi connectivity index (χ0n) is 18.3. The maximum absolute atomic E-state index is 12.8. The molecule has 0 aliphatic carbocycles. The Morgan fingerprint density at radius 2 is 1.48 bits per heavy atom. The van der Waals surface area contributed by atoms with Crippen molar-refractivity contribution in [3.05, 3.63) is 0 Å². The van der Waals surface area contributed by atoms with Gasteiger partial charge in [0.25, 0.3) is 5.91 Å². The predicted octanol–water partition coefficient (Wildman–Crippen LogP) is 2.41. The van der Waals surface area contributed by atoms with Gasteiger partial charge in [-0.05, 0) is 39.0 Å². The van der Waals surface area contributed by atoms with Gasteiger partial charge in [-0.15, -0.1) is 0 Å². The average Bonchev–Trinajstić information content (AvgIpc) is 2.53. The molecule has 27 heavy (non-hydrogen) atoms. The summed E-state index contributed by atoms with van der Waals surface area (Å²) in [5, 5.41) is 2.70. The van der Waals surface area contributed by atoms with Gasteiger partial charge in [0.2, 0.25) is 0 Å². The van der Waals surface area contributed by atoms with Gasteiger partial charge in [-0.3, -0.25) is 9.59 Å². The molecule has 3 N–H and O–H groups in total. The third-order valence-corrected chi connectivity index (χ3v) is 4.28. The van der Waals surface area contributed by atoms with E-state index in [1.807, 2.05) is 41.5 Å². The zero-order chi connectivity index (χ0) is 21.5. The fraction of sp³-hybridized carbons (Fsp3) is 0.850. The largest absolute Gasteiger partial charge is 0.458 e. The standard InChI is InChI=1S/C20H38N2O5/c1-10-13(6)16(26-18(24)14(21)11(2)3)17(23)22-15(12(4)5)19(25)27-20(7,8)9/h11-16H,10,21H2,1-9H3,(H,22,23). The first-order valence-corrected chi connectivity index (χ1v) is 9.70. The second-order valence-electron chi connectivity index (χ2n) is 8.78. The molecule has 0 bridgehead atoms. The Bertz CT molecular complexity index is 511. The summed E-state index contributed by atoms with van der Waals surface area (Å²) in [5.41, 5.74) is 5.17. The number of esters is 2. The van der Waals surface area contributed by atoms with Crippen LogP contribution in [0.3, 0.4) is 0 Å². The van der Waals surface area contributed by atoms with E-state index in [4.69, 9.17) is 15.2 Å². The van der Waals surface area contributed by atoms with E-state index < -0.39 is 41.6 Å². The molecule has 0 aliphatic heterocycles. The van der Waals surface area contributed by atoms with Gasteiger partial charge in [0.15, 0.2) is 6.10 Å². The van der Waals surface area contributed by atoms with Crippen LogP contribution in [0.15, 0.2) is 0 Å². The number of amides is 1. The first-order valence-electron chi connectivity index (χ1n) is 9.70. The highest BCUT2D eigenvalue weighted by Gasteiger charge is 2.35. The summed E-state index contributed by atoms with van der Waals surface area (Å²) >= 11 is 0. The minimum atomic E-state index is -1.02. The average molecular weight is 387 g/mol. The van der Waals surface area contributed by atoms with Crippen LogP contribution < -0.4 is 11.1 Å². The predicted molar refractivity (Wildman–Crippen MR) is 105 cm³/mol. The van der Waals surface area contributed by atoms with Crippen molar-refractivity contribution in [1.29, 1.82) is 0 Å². The molecule has 0 aromatic heterocycles. The van der Waals surface area contributed by atoms with E-state index in [0.29, 0.717) is 6.42 Å².